The van der Waals surface area contributed by atoms with Gasteiger partial charge in [-0.2, -0.15) is 0 Å². The van der Waals surface area contributed by atoms with E-state index in [0.29, 0.717) is 5.82 Å². The van der Waals surface area contributed by atoms with Gasteiger partial charge in [-0.1, -0.05) is 6.07 Å². The number of nitrogens with one attached hydrogen (secondary N) is 2. The summed E-state index contributed by atoms with van der Waals surface area (Å²) in [6.07, 6.45) is 1.64. The quantitative estimate of drug-likeness (QED) is 0.543. The lowest BCUT2D eigenvalue weighted by Gasteiger charge is -2.19. The van der Waals surface area contributed by atoms with E-state index in [1.54, 1.807) is 18.3 Å². The molecule has 0 radical (unpaired) electrons. The Morgan fingerprint density at radius 2 is 2.17 bits per heavy atom. The standard InChI is InChI=1S/C12H19N5O/c1-12(2,3)17-10(18)8-15-11(13)16-9-6-4-5-7-14-9/h4-7H,8H2,1-3H3,(H,17,18)(H3,13,14,15,16). The normalized spacial score (nSPS) is 12.1. The predicted octanol–water partition coefficient (Wildman–Crippen LogP) is 0.723. The Morgan fingerprint density at radius 3 is 2.72 bits per heavy atom. The van der Waals surface area contributed by atoms with Crippen molar-refractivity contribution in [1.82, 2.24) is 10.3 Å². The van der Waals surface area contributed by atoms with Crippen LogP contribution in [0.5, 0.6) is 0 Å². The third kappa shape index (κ3) is 5.83. The fourth-order valence-corrected chi connectivity index (χ4v) is 1.22. The van der Waals surface area contributed by atoms with Gasteiger partial charge in [0.1, 0.15) is 12.4 Å². The molecule has 0 atom stereocenters. The van der Waals surface area contributed by atoms with Crippen LogP contribution < -0.4 is 16.4 Å². The molecule has 6 nitrogen and oxygen atoms in total. The van der Waals surface area contributed by atoms with Gasteiger partial charge in [0.25, 0.3) is 0 Å². The van der Waals surface area contributed by atoms with Gasteiger partial charge in [0, 0.05) is 11.7 Å². The van der Waals surface area contributed by atoms with Crippen molar-refractivity contribution in [2.24, 2.45) is 10.7 Å². The van der Waals surface area contributed by atoms with Crippen LogP contribution in [-0.4, -0.2) is 28.9 Å². The van der Waals surface area contributed by atoms with Crippen LogP contribution in [0.4, 0.5) is 5.82 Å². The van der Waals surface area contributed by atoms with Crippen molar-refractivity contribution in [3.05, 3.63) is 24.4 Å². The molecule has 1 heterocycles. The smallest absolute Gasteiger partial charge is 0.242 e. The second-order valence-corrected chi connectivity index (χ2v) is 4.84. The molecule has 4 N–H and O–H groups in total. The number of pyridine rings is 1. The van der Waals surface area contributed by atoms with Crippen LogP contribution in [0.2, 0.25) is 0 Å². The van der Waals surface area contributed by atoms with Gasteiger partial charge in [0.05, 0.1) is 0 Å². The molecule has 1 amide bonds. The zero-order valence-corrected chi connectivity index (χ0v) is 10.9. The fourth-order valence-electron chi connectivity index (χ4n) is 1.22. The molecule has 0 aliphatic rings. The Morgan fingerprint density at radius 1 is 1.44 bits per heavy atom. The lowest BCUT2D eigenvalue weighted by molar-refractivity contribution is -0.121. The number of aliphatic imine (C=N–C) groups is 1. The molecule has 0 unspecified atom stereocenters. The van der Waals surface area contributed by atoms with E-state index in [2.05, 4.69) is 20.6 Å². The van der Waals surface area contributed by atoms with E-state index >= 15 is 0 Å². The fraction of sp³-hybridized carbons (Fsp3) is 0.417. The number of hydrogen-bond donors (Lipinski definition) is 3. The summed E-state index contributed by atoms with van der Waals surface area (Å²) in [7, 11) is 0. The summed E-state index contributed by atoms with van der Waals surface area (Å²) < 4.78 is 0. The Bertz CT molecular complexity index is 422. The molecule has 1 aromatic rings. The minimum Gasteiger partial charge on any atom is -0.370 e. The van der Waals surface area contributed by atoms with Gasteiger partial charge in [-0.25, -0.2) is 9.98 Å². The Labute approximate surface area is 107 Å². The number of carbonyl (C=O) groups is 1. The maximum absolute atomic E-state index is 11.5. The molecule has 1 aromatic heterocycles. The molecule has 6 heteroatoms. The van der Waals surface area contributed by atoms with E-state index in [-0.39, 0.29) is 24.0 Å². The second kappa shape index (κ2) is 6.00. The molecule has 0 fully saturated rings. The van der Waals surface area contributed by atoms with Crippen molar-refractivity contribution < 1.29 is 4.79 Å². The van der Waals surface area contributed by atoms with Crippen molar-refractivity contribution >= 4 is 17.7 Å². The van der Waals surface area contributed by atoms with E-state index < -0.39 is 0 Å². The number of aromatic nitrogens is 1. The van der Waals surface area contributed by atoms with Crippen LogP contribution in [0, 0.1) is 0 Å². The van der Waals surface area contributed by atoms with Crippen LogP contribution in [0.1, 0.15) is 20.8 Å². The number of carbonyl (C=O) groups excluding carboxylic acids is 1. The lowest BCUT2D eigenvalue weighted by atomic mass is 10.1. The molecule has 0 saturated carbocycles. The zero-order valence-electron chi connectivity index (χ0n) is 10.9. The third-order valence-electron chi connectivity index (χ3n) is 1.83. The summed E-state index contributed by atoms with van der Waals surface area (Å²) >= 11 is 0. The maximum atomic E-state index is 11.5. The van der Waals surface area contributed by atoms with Crippen molar-refractivity contribution in [3.63, 3.8) is 0 Å². The van der Waals surface area contributed by atoms with Crippen molar-refractivity contribution in [1.29, 1.82) is 0 Å². The predicted molar refractivity (Wildman–Crippen MR) is 72.2 cm³/mol. The highest BCUT2D eigenvalue weighted by molar-refractivity contribution is 5.93. The van der Waals surface area contributed by atoms with Gasteiger partial charge in [0.2, 0.25) is 5.91 Å². The number of nitrogens with zero attached hydrogens (tertiary/aromatic N) is 2. The van der Waals surface area contributed by atoms with Crippen molar-refractivity contribution in [2.75, 3.05) is 11.9 Å². The third-order valence-corrected chi connectivity index (χ3v) is 1.83. The number of hydrogen-bond acceptors (Lipinski definition) is 3. The number of nitrogens with two attached hydrogens (primary N) is 1. The minimum atomic E-state index is -0.268. The van der Waals surface area contributed by atoms with E-state index in [4.69, 9.17) is 5.73 Å². The summed E-state index contributed by atoms with van der Waals surface area (Å²) in [4.78, 5) is 19.5. The SMILES string of the molecule is CC(C)(C)NC(=O)CN=C(N)Nc1ccccn1. The highest BCUT2D eigenvalue weighted by Crippen LogP contribution is 1.99. The van der Waals surface area contributed by atoms with Gasteiger partial charge >= 0.3 is 0 Å². The molecule has 0 aliphatic carbocycles. The average Bonchev–Trinajstić information content (AvgIpc) is 2.25. The van der Waals surface area contributed by atoms with E-state index in [9.17, 15) is 4.79 Å². The van der Waals surface area contributed by atoms with Crippen LogP contribution in [0.25, 0.3) is 0 Å². The van der Waals surface area contributed by atoms with E-state index in [0.717, 1.165) is 0 Å². The number of anilines is 1. The molecule has 0 spiro atoms. The molecule has 0 aromatic carbocycles. The first-order valence-electron chi connectivity index (χ1n) is 5.66. The molecule has 98 valence electrons. The highest BCUT2D eigenvalue weighted by Gasteiger charge is 2.12. The number of rotatable bonds is 3. The van der Waals surface area contributed by atoms with Gasteiger partial charge in [-0.05, 0) is 32.9 Å². The molecule has 1 rings (SSSR count). The van der Waals surface area contributed by atoms with E-state index in [1.807, 2.05) is 26.8 Å². The lowest BCUT2D eigenvalue weighted by Crippen LogP contribution is -2.42. The van der Waals surface area contributed by atoms with Crippen LogP contribution >= 0.6 is 0 Å². The topological polar surface area (TPSA) is 92.4 Å². The van der Waals surface area contributed by atoms with Gasteiger partial charge < -0.3 is 16.4 Å². The zero-order chi connectivity index (χ0) is 13.6. The Hall–Kier alpha value is -2.11. The summed E-state index contributed by atoms with van der Waals surface area (Å²) in [5.41, 5.74) is 5.37. The first kappa shape index (κ1) is 14.0. The number of guanidine groups is 1. The summed E-state index contributed by atoms with van der Waals surface area (Å²) in [6.45, 7) is 5.71. The average molecular weight is 249 g/mol. The molecule has 0 saturated heterocycles. The maximum Gasteiger partial charge on any atom is 0.242 e. The summed E-state index contributed by atoms with van der Waals surface area (Å²) in [5.74, 6) is 0.584. The van der Waals surface area contributed by atoms with Crippen LogP contribution in [0.15, 0.2) is 29.4 Å². The van der Waals surface area contributed by atoms with Crippen molar-refractivity contribution in [3.8, 4) is 0 Å². The largest absolute Gasteiger partial charge is 0.370 e. The Balaban J connectivity index is 2.45. The van der Waals surface area contributed by atoms with Crippen LogP contribution in [0.3, 0.4) is 0 Å². The Kier molecular flexibility index (Phi) is 4.65. The molecule has 18 heavy (non-hydrogen) atoms. The van der Waals surface area contributed by atoms with Gasteiger partial charge in [-0.15, -0.1) is 0 Å². The number of amides is 1. The summed E-state index contributed by atoms with van der Waals surface area (Å²) in [5, 5.41) is 5.59. The summed E-state index contributed by atoms with van der Waals surface area (Å²) in [6, 6.07) is 5.39. The van der Waals surface area contributed by atoms with Gasteiger partial charge in [0.15, 0.2) is 5.96 Å². The molecule has 0 aliphatic heterocycles. The van der Waals surface area contributed by atoms with Crippen molar-refractivity contribution in [2.45, 2.75) is 26.3 Å². The van der Waals surface area contributed by atoms with Crippen LogP contribution in [-0.2, 0) is 4.79 Å². The van der Waals surface area contributed by atoms with E-state index in [1.165, 1.54) is 0 Å². The first-order chi connectivity index (χ1) is 8.37. The highest BCUT2D eigenvalue weighted by atomic mass is 16.2. The first-order valence-corrected chi connectivity index (χ1v) is 5.66. The molecule has 0 bridgehead atoms. The monoisotopic (exact) mass is 249 g/mol. The van der Waals surface area contributed by atoms with Gasteiger partial charge in [-0.3, -0.25) is 4.79 Å². The molecular formula is C12H19N5O. The molecular weight excluding hydrogens is 230 g/mol. The minimum absolute atomic E-state index is 0.0110. The second-order valence-electron chi connectivity index (χ2n) is 4.84.